The third-order valence-electron chi connectivity index (χ3n) is 4.25. The minimum absolute atomic E-state index is 0.0420. The number of hydrogen-bond donors (Lipinski definition) is 1. The Morgan fingerprint density at radius 3 is 2.62 bits per heavy atom. The maximum atomic E-state index is 12.7. The predicted octanol–water partition coefficient (Wildman–Crippen LogP) is 3.39. The summed E-state index contributed by atoms with van der Waals surface area (Å²) < 4.78 is 10.7. The number of nitrogens with zero attached hydrogens (tertiary/aromatic N) is 1. The van der Waals surface area contributed by atoms with Crippen LogP contribution >= 0.6 is 11.3 Å². The SMILES string of the molecule is COc1cccc(CN(C)C(=O)c2ccc(NC(=O)C3CC3)s2)c1OC. The van der Waals surface area contributed by atoms with Gasteiger partial charge in [0.1, 0.15) is 0 Å². The molecule has 26 heavy (non-hydrogen) atoms. The number of para-hydroxylation sites is 1. The lowest BCUT2D eigenvalue weighted by molar-refractivity contribution is -0.117. The van der Waals surface area contributed by atoms with E-state index < -0.39 is 0 Å². The first-order chi connectivity index (χ1) is 12.5. The zero-order valence-corrected chi connectivity index (χ0v) is 15.9. The number of thiophene rings is 1. The number of ether oxygens (including phenoxy) is 2. The first-order valence-electron chi connectivity index (χ1n) is 8.39. The van der Waals surface area contributed by atoms with E-state index in [-0.39, 0.29) is 17.7 Å². The summed E-state index contributed by atoms with van der Waals surface area (Å²) in [6, 6.07) is 9.11. The van der Waals surface area contributed by atoms with Gasteiger partial charge in [-0.1, -0.05) is 12.1 Å². The minimum Gasteiger partial charge on any atom is -0.493 e. The number of rotatable bonds is 7. The van der Waals surface area contributed by atoms with Crippen LogP contribution in [0, 0.1) is 5.92 Å². The molecule has 7 heteroatoms. The van der Waals surface area contributed by atoms with E-state index in [1.54, 1.807) is 38.3 Å². The number of amides is 2. The van der Waals surface area contributed by atoms with Crippen molar-refractivity contribution in [2.24, 2.45) is 5.92 Å². The van der Waals surface area contributed by atoms with E-state index in [2.05, 4.69) is 5.32 Å². The van der Waals surface area contributed by atoms with Gasteiger partial charge in [-0.2, -0.15) is 0 Å². The molecule has 0 saturated heterocycles. The molecule has 1 fully saturated rings. The Bertz CT molecular complexity index is 814. The largest absolute Gasteiger partial charge is 0.493 e. The Labute approximate surface area is 156 Å². The molecule has 1 saturated carbocycles. The maximum Gasteiger partial charge on any atom is 0.264 e. The lowest BCUT2D eigenvalue weighted by atomic mass is 10.1. The summed E-state index contributed by atoms with van der Waals surface area (Å²) in [7, 11) is 4.90. The summed E-state index contributed by atoms with van der Waals surface area (Å²) in [5.74, 6) is 1.33. The van der Waals surface area contributed by atoms with Crippen LogP contribution in [0.2, 0.25) is 0 Å². The first-order valence-corrected chi connectivity index (χ1v) is 9.21. The highest BCUT2D eigenvalue weighted by Gasteiger charge is 2.30. The maximum absolute atomic E-state index is 12.7. The number of carbonyl (C=O) groups is 2. The van der Waals surface area contributed by atoms with Crippen LogP contribution in [0.15, 0.2) is 30.3 Å². The Hall–Kier alpha value is -2.54. The minimum atomic E-state index is -0.105. The molecule has 1 heterocycles. The van der Waals surface area contributed by atoms with Gasteiger partial charge in [-0.15, -0.1) is 11.3 Å². The van der Waals surface area contributed by atoms with Crippen molar-refractivity contribution < 1.29 is 19.1 Å². The van der Waals surface area contributed by atoms with Crippen LogP contribution < -0.4 is 14.8 Å². The third-order valence-corrected chi connectivity index (χ3v) is 5.24. The van der Waals surface area contributed by atoms with Crippen molar-refractivity contribution in [2.75, 3.05) is 26.6 Å². The van der Waals surface area contributed by atoms with E-state index in [0.717, 1.165) is 18.4 Å². The van der Waals surface area contributed by atoms with Gasteiger partial charge < -0.3 is 19.7 Å². The van der Waals surface area contributed by atoms with Gasteiger partial charge >= 0.3 is 0 Å². The summed E-state index contributed by atoms with van der Waals surface area (Å²) in [5.41, 5.74) is 0.863. The van der Waals surface area contributed by atoms with Crippen molar-refractivity contribution in [3.63, 3.8) is 0 Å². The Balaban J connectivity index is 1.68. The fourth-order valence-corrected chi connectivity index (χ4v) is 3.59. The van der Waals surface area contributed by atoms with Crippen molar-refractivity contribution in [3.05, 3.63) is 40.8 Å². The zero-order chi connectivity index (χ0) is 18.7. The van der Waals surface area contributed by atoms with Crippen LogP contribution in [0.25, 0.3) is 0 Å². The molecule has 0 aliphatic heterocycles. The zero-order valence-electron chi connectivity index (χ0n) is 15.1. The van der Waals surface area contributed by atoms with Crippen LogP contribution in [0.5, 0.6) is 11.5 Å². The molecule has 1 aliphatic carbocycles. The molecule has 0 atom stereocenters. The topological polar surface area (TPSA) is 67.9 Å². The predicted molar refractivity (Wildman–Crippen MR) is 101 cm³/mol. The number of benzene rings is 1. The van der Waals surface area contributed by atoms with Crippen LogP contribution in [0.1, 0.15) is 28.1 Å². The molecule has 6 nitrogen and oxygen atoms in total. The number of hydrogen-bond acceptors (Lipinski definition) is 5. The highest BCUT2D eigenvalue weighted by molar-refractivity contribution is 7.18. The van der Waals surface area contributed by atoms with Gasteiger partial charge in [-0.25, -0.2) is 0 Å². The highest BCUT2D eigenvalue weighted by atomic mass is 32.1. The lowest BCUT2D eigenvalue weighted by Gasteiger charge is -2.19. The number of carbonyl (C=O) groups excluding carboxylic acids is 2. The molecule has 0 radical (unpaired) electrons. The average Bonchev–Trinajstić information content (AvgIpc) is 3.40. The van der Waals surface area contributed by atoms with Gasteiger partial charge in [-0.3, -0.25) is 9.59 Å². The quantitative estimate of drug-likeness (QED) is 0.807. The summed E-state index contributed by atoms with van der Waals surface area (Å²) >= 11 is 1.29. The van der Waals surface area contributed by atoms with E-state index in [1.807, 2.05) is 18.2 Å². The summed E-state index contributed by atoms with van der Waals surface area (Å²) in [4.78, 5) is 26.7. The fraction of sp³-hybridized carbons (Fsp3) is 0.368. The Morgan fingerprint density at radius 2 is 1.96 bits per heavy atom. The standard InChI is InChI=1S/C19H22N2O4S/c1-21(11-13-5-4-6-14(24-2)17(13)25-3)19(23)15-9-10-16(26-15)20-18(22)12-7-8-12/h4-6,9-10,12H,7-8,11H2,1-3H3,(H,20,22). The van der Waals surface area contributed by atoms with Crippen molar-refractivity contribution in [2.45, 2.75) is 19.4 Å². The molecule has 0 spiro atoms. The number of methoxy groups -OCH3 is 2. The second kappa shape index (κ2) is 7.78. The Morgan fingerprint density at radius 1 is 1.19 bits per heavy atom. The van der Waals surface area contributed by atoms with Crippen LogP contribution in [0.3, 0.4) is 0 Å². The van der Waals surface area contributed by atoms with Gasteiger partial charge in [-0.05, 0) is 31.0 Å². The van der Waals surface area contributed by atoms with Gasteiger partial charge in [0.15, 0.2) is 11.5 Å². The van der Waals surface area contributed by atoms with E-state index in [0.29, 0.717) is 27.9 Å². The fourth-order valence-electron chi connectivity index (χ4n) is 2.68. The molecule has 3 rings (SSSR count). The molecule has 1 aromatic carbocycles. The van der Waals surface area contributed by atoms with E-state index in [4.69, 9.17) is 9.47 Å². The molecule has 1 aliphatic rings. The van der Waals surface area contributed by atoms with Crippen molar-refractivity contribution >= 4 is 28.2 Å². The smallest absolute Gasteiger partial charge is 0.264 e. The summed E-state index contributed by atoms with van der Waals surface area (Å²) in [6.45, 7) is 0.390. The molecule has 1 N–H and O–H groups in total. The molecular formula is C19H22N2O4S. The van der Waals surface area contributed by atoms with Crippen LogP contribution in [-0.4, -0.2) is 38.0 Å². The highest BCUT2D eigenvalue weighted by Crippen LogP contribution is 2.33. The van der Waals surface area contributed by atoms with Gasteiger partial charge in [0.05, 0.1) is 24.1 Å². The number of nitrogens with one attached hydrogen (secondary N) is 1. The van der Waals surface area contributed by atoms with Gasteiger partial charge in [0.25, 0.3) is 5.91 Å². The normalized spacial score (nSPS) is 13.2. The second-order valence-corrected chi connectivity index (χ2v) is 7.33. The van der Waals surface area contributed by atoms with Crippen LogP contribution in [0.4, 0.5) is 5.00 Å². The van der Waals surface area contributed by atoms with E-state index in [9.17, 15) is 9.59 Å². The van der Waals surface area contributed by atoms with Crippen LogP contribution in [-0.2, 0) is 11.3 Å². The molecule has 0 unspecified atom stereocenters. The summed E-state index contributed by atoms with van der Waals surface area (Å²) in [6.07, 6.45) is 1.90. The van der Waals surface area contributed by atoms with Gasteiger partial charge in [0.2, 0.25) is 5.91 Å². The molecule has 2 amide bonds. The molecule has 0 bridgehead atoms. The Kier molecular flexibility index (Phi) is 5.46. The molecule has 1 aromatic heterocycles. The third kappa shape index (κ3) is 3.99. The first kappa shape index (κ1) is 18.3. The molecule has 138 valence electrons. The van der Waals surface area contributed by atoms with E-state index in [1.165, 1.54) is 11.3 Å². The number of anilines is 1. The average molecular weight is 374 g/mol. The summed E-state index contributed by atoms with van der Waals surface area (Å²) in [5, 5.41) is 3.58. The lowest BCUT2D eigenvalue weighted by Crippen LogP contribution is -2.25. The van der Waals surface area contributed by atoms with Crippen molar-refractivity contribution in [1.29, 1.82) is 0 Å². The monoisotopic (exact) mass is 374 g/mol. The van der Waals surface area contributed by atoms with E-state index >= 15 is 0 Å². The molecular weight excluding hydrogens is 352 g/mol. The van der Waals surface area contributed by atoms with Crippen molar-refractivity contribution in [1.82, 2.24) is 4.90 Å². The second-order valence-electron chi connectivity index (χ2n) is 6.24. The van der Waals surface area contributed by atoms with Gasteiger partial charge in [0, 0.05) is 25.1 Å². The van der Waals surface area contributed by atoms with Crippen molar-refractivity contribution in [3.8, 4) is 11.5 Å². The molecule has 2 aromatic rings.